The number of primary amides is 1. The highest BCUT2D eigenvalue weighted by atomic mass is 16.2. The number of hydrogen-bond acceptors (Lipinski definition) is 3. The Labute approximate surface area is 89.4 Å². The predicted molar refractivity (Wildman–Crippen MR) is 55.7 cm³/mol. The third-order valence-electron chi connectivity index (χ3n) is 2.44. The van der Waals surface area contributed by atoms with Crippen LogP contribution in [0.15, 0.2) is 0 Å². The fraction of sp³-hybridized carbons (Fsp3) is 0.778. The molecule has 0 aromatic carbocycles. The van der Waals surface area contributed by atoms with Crippen molar-refractivity contribution in [3.05, 3.63) is 0 Å². The zero-order chi connectivity index (χ0) is 11.4. The first-order valence-corrected chi connectivity index (χ1v) is 5.03. The van der Waals surface area contributed by atoms with Gasteiger partial charge in [-0.25, -0.2) is 9.80 Å². The maximum atomic E-state index is 11.6. The second-order valence-corrected chi connectivity index (χ2v) is 3.99. The first kappa shape index (κ1) is 11.8. The lowest BCUT2D eigenvalue weighted by atomic mass is 9.98. The maximum absolute atomic E-state index is 11.6. The van der Waals surface area contributed by atoms with Crippen LogP contribution in [0.3, 0.4) is 0 Å². The Morgan fingerprint density at radius 2 is 2.13 bits per heavy atom. The summed E-state index contributed by atoms with van der Waals surface area (Å²) in [4.78, 5) is 24.1. The molecule has 86 valence electrons. The van der Waals surface area contributed by atoms with E-state index in [-0.39, 0.29) is 11.8 Å². The summed E-state index contributed by atoms with van der Waals surface area (Å²) in [5.74, 6) is -0.195. The molecule has 0 spiro atoms. The molecule has 1 saturated heterocycles. The Hall–Kier alpha value is -1.30. The Kier molecular flexibility index (Phi) is 3.90. The number of rotatable bonds is 2. The zero-order valence-corrected chi connectivity index (χ0v) is 9.19. The quantitative estimate of drug-likeness (QED) is 0.601. The van der Waals surface area contributed by atoms with Gasteiger partial charge in [0.15, 0.2) is 0 Å². The Morgan fingerprint density at radius 1 is 1.47 bits per heavy atom. The Morgan fingerprint density at radius 3 is 2.67 bits per heavy atom. The van der Waals surface area contributed by atoms with Crippen molar-refractivity contribution in [1.82, 2.24) is 15.3 Å². The summed E-state index contributed by atoms with van der Waals surface area (Å²) in [5, 5.41) is 1.60. The average Bonchev–Trinajstić information content (AvgIpc) is 2.17. The van der Waals surface area contributed by atoms with Gasteiger partial charge in [-0.2, -0.15) is 0 Å². The first-order valence-electron chi connectivity index (χ1n) is 5.03. The van der Waals surface area contributed by atoms with E-state index < -0.39 is 6.03 Å². The van der Waals surface area contributed by atoms with Crippen molar-refractivity contribution in [1.29, 1.82) is 0 Å². The molecule has 0 unspecified atom stereocenters. The number of hydrazine groups is 1. The fourth-order valence-electron chi connectivity index (χ4n) is 1.70. The van der Waals surface area contributed by atoms with Gasteiger partial charge >= 0.3 is 6.03 Å². The minimum atomic E-state index is -0.447. The molecular weight excluding hydrogens is 196 g/mol. The molecule has 0 aliphatic carbocycles. The monoisotopic (exact) mass is 214 g/mol. The topological polar surface area (TPSA) is 78.7 Å². The number of nitrogens with zero attached hydrogens (tertiary/aromatic N) is 2. The van der Waals surface area contributed by atoms with Crippen molar-refractivity contribution in [3.8, 4) is 0 Å². The molecule has 0 saturated carbocycles. The minimum absolute atomic E-state index is 0.0500. The van der Waals surface area contributed by atoms with Crippen LogP contribution in [-0.4, -0.2) is 49.0 Å². The van der Waals surface area contributed by atoms with Crippen molar-refractivity contribution in [2.75, 3.05) is 27.2 Å². The van der Waals surface area contributed by atoms with Gasteiger partial charge in [0.05, 0.1) is 5.92 Å². The predicted octanol–water partition coefficient (Wildman–Crippen LogP) is -0.630. The van der Waals surface area contributed by atoms with Gasteiger partial charge in [0, 0.05) is 27.2 Å². The SMILES string of the molecule is CN(C)NC(=O)[C@H]1CCCN(C(N)=O)C1. The molecule has 1 fully saturated rings. The normalized spacial score (nSPS) is 21.5. The maximum Gasteiger partial charge on any atom is 0.314 e. The lowest BCUT2D eigenvalue weighted by Crippen LogP contribution is -2.49. The number of amides is 3. The van der Waals surface area contributed by atoms with Gasteiger partial charge < -0.3 is 10.6 Å². The second kappa shape index (κ2) is 4.97. The van der Waals surface area contributed by atoms with E-state index in [1.165, 1.54) is 4.90 Å². The molecule has 6 nitrogen and oxygen atoms in total. The summed E-state index contributed by atoms with van der Waals surface area (Å²) in [7, 11) is 3.51. The molecule has 3 N–H and O–H groups in total. The van der Waals surface area contributed by atoms with Crippen LogP contribution >= 0.6 is 0 Å². The van der Waals surface area contributed by atoms with Crippen LogP contribution in [0, 0.1) is 5.92 Å². The van der Waals surface area contributed by atoms with Crippen LogP contribution in [-0.2, 0) is 4.79 Å². The molecule has 0 aromatic heterocycles. The van der Waals surface area contributed by atoms with E-state index >= 15 is 0 Å². The van der Waals surface area contributed by atoms with Crippen LogP contribution in [0.5, 0.6) is 0 Å². The van der Waals surface area contributed by atoms with Crippen LogP contribution in [0.1, 0.15) is 12.8 Å². The summed E-state index contributed by atoms with van der Waals surface area (Å²) >= 11 is 0. The van der Waals surface area contributed by atoms with E-state index in [1.807, 2.05) is 0 Å². The number of hydrogen-bond donors (Lipinski definition) is 2. The van der Waals surface area contributed by atoms with Crippen molar-refractivity contribution in [2.45, 2.75) is 12.8 Å². The largest absolute Gasteiger partial charge is 0.351 e. The van der Waals surface area contributed by atoms with Gasteiger partial charge in [-0.1, -0.05) is 0 Å². The molecule has 1 aliphatic rings. The summed E-state index contributed by atoms with van der Waals surface area (Å²) < 4.78 is 0. The number of likely N-dealkylation sites (tertiary alicyclic amines) is 1. The van der Waals surface area contributed by atoms with Crippen molar-refractivity contribution in [3.63, 3.8) is 0 Å². The zero-order valence-electron chi connectivity index (χ0n) is 9.19. The molecule has 0 aromatic rings. The van der Waals surface area contributed by atoms with E-state index in [0.29, 0.717) is 13.1 Å². The third kappa shape index (κ3) is 3.39. The van der Waals surface area contributed by atoms with Crippen LogP contribution in [0.4, 0.5) is 4.79 Å². The Bertz CT molecular complexity index is 254. The summed E-state index contributed by atoms with van der Waals surface area (Å²) in [6.45, 7) is 1.08. The average molecular weight is 214 g/mol. The molecule has 0 bridgehead atoms. The number of nitrogens with one attached hydrogen (secondary N) is 1. The van der Waals surface area contributed by atoms with E-state index in [0.717, 1.165) is 12.8 Å². The minimum Gasteiger partial charge on any atom is -0.351 e. The number of piperidine rings is 1. The highest BCUT2D eigenvalue weighted by molar-refractivity contribution is 5.80. The number of carbonyl (C=O) groups is 2. The fourth-order valence-corrected chi connectivity index (χ4v) is 1.70. The van der Waals surface area contributed by atoms with Gasteiger partial charge in [0.2, 0.25) is 5.91 Å². The highest BCUT2D eigenvalue weighted by Gasteiger charge is 2.27. The summed E-state index contributed by atoms with van der Waals surface area (Å²) in [6, 6.07) is -0.447. The molecule has 1 aliphatic heterocycles. The molecule has 0 radical (unpaired) electrons. The summed E-state index contributed by atoms with van der Waals surface area (Å²) in [6.07, 6.45) is 1.64. The standard InChI is InChI=1S/C9H18N4O2/c1-12(2)11-8(14)7-4-3-5-13(6-7)9(10)15/h7H,3-6H2,1-2H3,(H2,10,15)(H,11,14)/t7-/m0/s1. The molecule has 1 atom stereocenters. The molecule has 1 rings (SSSR count). The van der Waals surface area contributed by atoms with Crippen LogP contribution in [0.25, 0.3) is 0 Å². The van der Waals surface area contributed by atoms with Crippen molar-refractivity contribution in [2.24, 2.45) is 11.7 Å². The number of urea groups is 1. The molecule has 1 heterocycles. The lowest BCUT2D eigenvalue weighted by Gasteiger charge is -2.31. The Balaban J connectivity index is 2.48. The first-order chi connectivity index (χ1) is 7.00. The lowest BCUT2D eigenvalue weighted by molar-refractivity contribution is -0.130. The van der Waals surface area contributed by atoms with E-state index in [1.54, 1.807) is 19.1 Å². The van der Waals surface area contributed by atoms with Gasteiger partial charge in [0.1, 0.15) is 0 Å². The van der Waals surface area contributed by atoms with Crippen molar-refractivity contribution < 1.29 is 9.59 Å². The molecular formula is C9H18N4O2. The number of carbonyl (C=O) groups excluding carboxylic acids is 2. The van der Waals surface area contributed by atoms with Crippen LogP contribution in [0.2, 0.25) is 0 Å². The summed E-state index contributed by atoms with van der Waals surface area (Å²) in [5.41, 5.74) is 7.86. The second-order valence-electron chi connectivity index (χ2n) is 3.99. The molecule has 6 heteroatoms. The van der Waals surface area contributed by atoms with E-state index in [4.69, 9.17) is 5.73 Å². The van der Waals surface area contributed by atoms with Gasteiger partial charge in [-0.05, 0) is 12.8 Å². The third-order valence-corrected chi connectivity index (χ3v) is 2.44. The van der Waals surface area contributed by atoms with Crippen LogP contribution < -0.4 is 11.2 Å². The molecule has 15 heavy (non-hydrogen) atoms. The van der Waals surface area contributed by atoms with Gasteiger partial charge in [0.25, 0.3) is 0 Å². The highest BCUT2D eigenvalue weighted by Crippen LogP contribution is 2.16. The molecule has 3 amide bonds. The van der Waals surface area contributed by atoms with E-state index in [2.05, 4.69) is 5.43 Å². The van der Waals surface area contributed by atoms with E-state index in [9.17, 15) is 9.59 Å². The van der Waals surface area contributed by atoms with Crippen molar-refractivity contribution >= 4 is 11.9 Å². The smallest absolute Gasteiger partial charge is 0.314 e. The van der Waals surface area contributed by atoms with Gasteiger partial charge in [-0.15, -0.1) is 0 Å². The van der Waals surface area contributed by atoms with Gasteiger partial charge in [-0.3, -0.25) is 10.2 Å². The number of nitrogens with two attached hydrogens (primary N) is 1.